The Kier molecular flexibility index (Phi) is 6.08. The van der Waals surface area contributed by atoms with Gasteiger partial charge < -0.3 is 4.57 Å². The molecule has 0 amide bonds. The van der Waals surface area contributed by atoms with Crippen LogP contribution in [-0.2, 0) is 0 Å². The lowest BCUT2D eigenvalue weighted by atomic mass is 10.0. The van der Waals surface area contributed by atoms with Crippen LogP contribution < -0.4 is 0 Å². The molecule has 0 unspecified atom stereocenters. The highest BCUT2D eigenvalue weighted by Crippen LogP contribution is 2.33. The van der Waals surface area contributed by atoms with E-state index in [2.05, 4.69) is 125 Å². The summed E-state index contributed by atoms with van der Waals surface area (Å²) in [5.74, 6) is 0.702. The minimum absolute atomic E-state index is 0.702. The second-order valence-corrected chi connectivity index (χ2v) is 10.5. The molecule has 202 valence electrons. The summed E-state index contributed by atoms with van der Waals surface area (Å²) >= 11 is 0. The number of hydrogen-bond acceptors (Lipinski definition) is 3. The van der Waals surface area contributed by atoms with Gasteiger partial charge in [-0.3, -0.25) is 4.98 Å². The molecular formula is C39H26N4. The van der Waals surface area contributed by atoms with Gasteiger partial charge in [0.2, 0.25) is 0 Å². The van der Waals surface area contributed by atoms with Gasteiger partial charge >= 0.3 is 0 Å². The Balaban J connectivity index is 1.22. The van der Waals surface area contributed by atoms with Gasteiger partial charge in [0.05, 0.1) is 28.1 Å². The summed E-state index contributed by atoms with van der Waals surface area (Å²) in [6.07, 6.45) is 1.82. The highest BCUT2D eigenvalue weighted by molar-refractivity contribution is 6.09. The van der Waals surface area contributed by atoms with Crippen LogP contribution in [0.15, 0.2) is 158 Å². The monoisotopic (exact) mass is 550 g/mol. The van der Waals surface area contributed by atoms with Crippen LogP contribution in [0.1, 0.15) is 0 Å². The predicted octanol–water partition coefficient (Wildman–Crippen LogP) is 9.64. The molecule has 0 bridgehead atoms. The summed E-state index contributed by atoms with van der Waals surface area (Å²) in [4.78, 5) is 14.5. The van der Waals surface area contributed by atoms with Gasteiger partial charge in [-0.2, -0.15) is 0 Å². The molecule has 0 spiro atoms. The maximum atomic E-state index is 5.03. The number of fused-ring (bicyclic) bond motifs is 3. The Morgan fingerprint density at radius 2 is 0.907 bits per heavy atom. The number of para-hydroxylation sites is 2. The summed E-state index contributed by atoms with van der Waals surface area (Å²) in [6, 6.07) is 52.5. The minimum Gasteiger partial charge on any atom is -0.309 e. The molecule has 0 aliphatic heterocycles. The summed E-state index contributed by atoms with van der Waals surface area (Å²) in [7, 11) is 0. The maximum absolute atomic E-state index is 5.03. The van der Waals surface area contributed by atoms with E-state index in [-0.39, 0.29) is 0 Å². The summed E-state index contributed by atoms with van der Waals surface area (Å²) < 4.78 is 2.33. The second kappa shape index (κ2) is 10.5. The largest absolute Gasteiger partial charge is 0.309 e. The molecule has 0 aliphatic rings. The molecule has 4 heteroatoms. The molecule has 0 fully saturated rings. The SMILES string of the molecule is c1ccc(-c2nc(-c3ccc(-c4ccccn4)cc3)cc(-c3ccc(-n4c5ccccc5c5ccccc54)cc3)n2)cc1. The summed E-state index contributed by atoms with van der Waals surface area (Å²) in [5.41, 5.74) is 10.3. The molecule has 0 saturated heterocycles. The van der Waals surface area contributed by atoms with Gasteiger partial charge in [-0.15, -0.1) is 0 Å². The maximum Gasteiger partial charge on any atom is 0.160 e. The first-order valence-electron chi connectivity index (χ1n) is 14.4. The number of aromatic nitrogens is 4. The first-order chi connectivity index (χ1) is 21.3. The molecule has 8 aromatic rings. The normalized spacial score (nSPS) is 11.3. The average molecular weight is 551 g/mol. The number of hydrogen-bond donors (Lipinski definition) is 0. The number of benzene rings is 5. The van der Waals surface area contributed by atoms with Crippen molar-refractivity contribution in [2.45, 2.75) is 0 Å². The molecular weight excluding hydrogens is 524 g/mol. The van der Waals surface area contributed by atoms with Crippen molar-refractivity contribution < 1.29 is 0 Å². The fourth-order valence-electron chi connectivity index (χ4n) is 5.79. The number of rotatable bonds is 5. The molecule has 5 aromatic carbocycles. The third-order valence-electron chi connectivity index (χ3n) is 7.90. The van der Waals surface area contributed by atoms with Gasteiger partial charge in [0, 0.05) is 44.9 Å². The predicted molar refractivity (Wildman–Crippen MR) is 176 cm³/mol. The van der Waals surface area contributed by atoms with Crippen LogP contribution in [0.2, 0.25) is 0 Å². The topological polar surface area (TPSA) is 43.6 Å². The molecule has 8 rings (SSSR count). The molecule has 3 heterocycles. The zero-order valence-electron chi connectivity index (χ0n) is 23.3. The van der Waals surface area contributed by atoms with Crippen molar-refractivity contribution in [2.24, 2.45) is 0 Å². The lowest BCUT2D eigenvalue weighted by molar-refractivity contribution is 1.17. The van der Waals surface area contributed by atoms with Crippen molar-refractivity contribution in [3.63, 3.8) is 0 Å². The van der Waals surface area contributed by atoms with Crippen molar-refractivity contribution in [2.75, 3.05) is 0 Å². The van der Waals surface area contributed by atoms with E-state index < -0.39 is 0 Å². The van der Waals surface area contributed by atoms with Crippen LogP contribution in [-0.4, -0.2) is 19.5 Å². The minimum atomic E-state index is 0.702. The van der Waals surface area contributed by atoms with Crippen LogP contribution in [0.3, 0.4) is 0 Å². The average Bonchev–Trinajstić information content (AvgIpc) is 3.43. The fourth-order valence-corrected chi connectivity index (χ4v) is 5.79. The first-order valence-corrected chi connectivity index (χ1v) is 14.4. The van der Waals surface area contributed by atoms with E-state index in [9.17, 15) is 0 Å². The number of pyridine rings is 1. The van der Waals surface area contributed by atoms with Crippen molar-refractivity contribution in [1.29, 1.82) is 0 Å². The zero-order chi connectivity index (χ0) is 28.6. The first kappa shape index (κ1) is 24.9. The van der Waals surface area contributed by atoms with Crippen molar-refractivity contribution >= 4 is 21.8 Å². The van der Waals surface area contributed by atoms with E-state index >= 15 is 0 Å². The molecule has 3 aromatic heterocycles. The molecule has 0 radical (unpaired) electrons. The van der Waals surface area contributed by atoms with Gasteiger partial charge in [-0.1, -0.05) is 109 Å². The van der Waals surface area contributed by atoms with Crippen LogP contribution in [0.25, 0.3) is 72.7 Å². The molecule has 43 heavy (non-hydrogen) atoms. The Morgan fingerprint density at radius 3 is 1.49 bits per heavy atom. The van der Waals surface area contributed by atoms with E-state index in [1.165, 1.54) is 21.8 Å². The molecule has 0 saturated carbocycles. The highest BCUT2D eigenvalue weighted by atomic mass is 15.0. The van der Waals surface area contributed by atoms with Gasteiger partial charge in [0.25, 0.3) is 0 Å². The van der Waals surface area contributed by atoms with Crippen LogP contribution in [0, 0.1) is 0 Å². The summed E-state index contributed by atoms with van der Waals surface area (Å²) in [5, 5.41) is 2.51. The van der Waals surface area contributed by atoms with E-state index in [1.54, 1.807) is 0 Å². The lowest BCUT2D eigenvalue weighted by Gasteiger charge is -2.12. The van der Waals surface area contributed by atoms with Gasteiger partial charge in [-0.05, 0) is 42.5 Å². The summed E-state index contributed by atoms with van der Waals surface area (Å²) in [6.45, 7) is 0. The van der Waals surface area contributed by atoms with Crippen LogP contribution in [0.5, 0.6) is 0 Å². The zero-order valence-corrected chi connectivity index (χ0v) is 23.3. The van der Waals surface area contributed by atoms with Gasteiger partial charge in [0.15, 0.2) is 5.82 Å². The smallest absolute Gasteiger partial charge is 0.160 e. The van der Waals surface area contributed by atoms with Crippen molar-refractivity contribution in [3.05, 3.63) is 158 Å². The molecule has 0 N–H and O–H groups in total. The Hall–Kier alpha value is -5.87. The van der Waals surface area contributed by atoms with E-state index in [4.69, 9.17) is 9.97 Å². The highest BCUT2D eigenvalue weighted by Gasteiger charge is 2.14. The number of nitrogens with zero attached hydrogens (tertiary/aromatic N) is 4. The molecule has 4 nitrogen and oxygen atoms in total. The van der Waals surface area contributed by atoms with Gasteiger partial charge in [0.1, 0.15) is 0 Å². The third-order valence-corrected chi connectivity index (χ3v) is 7.90. The van der Waals surface area contributed by atoms with E-state index in [0.717, 1.165) is 45.0 Å². The Morgan fingerprint density at radius 1 is 0.395 bits per heavy atom. The third kappa shape index (κ3) is 4.55. The van der Waals surface area contributed by atoms with Gasteiger partial charge in [-0.25, -0.2) is 9.97 Å². The van der Waals surface area contributed by atoms with E-state index in [1.807, 2.05) is 42.6 Å². The molecule has 0 atom stereocenters. The fraction of sp³-hybridized carbons (Fsp3) is 0. The quantitative estimate of drug-likeness (QED) is 0.214. The van der Waals surface area contributed by atoms with Crippen molar-refractivity contribution in [3.8, 4) is 50.8 Å². The van der Waals surface area contributed by atoms with Crippen molar-refractivity contribution in [1.82, 2.24) is 19.5 Å². The van der Waals surface area contributed by atoms with Crippen LogP contribution in [0.4, 0.5) is 0 Å². The van der Waals surface area contributed by atoms with Crippen LogP contribution >= 0.6 is 0 Å². The Bertz CT molecular complexity index is 2150. The lowest BCUT2D eigenvalue weighted by Crippen LogP contribution is -1.97. The Labute approximate surface area is 249 Å². The van der Waals surface area contributed by atoms with E-state index in [0.29, 0.717) is 5.82 Å². The second-order valence-electron chi connectivity index (χ2n) is 10.5. The standard InChI is InChI=1S/C39H26N4/c1-2-10-30(11-3-1)39-41-35(28-19-17-27(18-20-28)34-14-8-9-25-40-34)26-36(42-39)29-21-23-31(24-22-29)43-37-15-6-4-12-32(37)33-13-5-7-16-38(33)43/h1-26H. The molecule has 0 aliphatic carbocycles.